The second-order valence-corrected chi connectivity index (χ2v) is 6.14. The number of nitriles is 1. The average Bonchev–Trinajstić information content (AvgIpc) is 2.69. The third-order valence-electron chi connectivity index (χ3n) is 3.84. The van der Waals surface area contributed by atoms with Crippen LogP contribution in [0.25, 0.3) is 0 Å². The lowest BCUT2D eigenvalue weighted by Gasteiger charge is -2.10. The maximum absolute atomic E-state index is 12.4. The highest BCUT2D eigenvalue weighted by Gasteiger charge is 2.11. The maximum Gasteiger partial charge on any atom is 0.255 e. The van der Waals surface area contributed by atoms with Crippen LogP contribution in [0.3, 0.4) is 0 Å². The van der Waals surface area contributed by atoms with Crippen molar-refractivity contribution in [2.45, 2.75) is 6.61 Å². The zero-order chi connectivity index (χ0) is 19.2. The van der Waals surface area contributed by atoms with E-state index >= 15 is 0 Å². The highest BCUT2D eigenvalue weighted by atomic mass is 35.5. The topological polar surface area (TPSA) is 82.3 Å². The fraction of sp³-hybridized carbons (Fsp3) is 0.0476. The Morgan fingerprint density at radius 2 is 1.93 bits per heavy atom. The van der Waals surface area contributed by atoms with Crippen molar-refractivity contribution < 1.29 is 14.6 Å². The van der Waals surface area contributed by atoms with Gasteiger partial charge in [-0.1, -0.05) is 35.9 Å². The van der Waals surface area contributed by atoms with Crippen LogP contribution in [-0.4, -0.2) is 11.0 Å². The normalized spacial score (nSPS) is 10.1. The van der Waals surface area contributed by atoms with Gasteiger partial charge in [-0.3, -0.25) is 4.79 Å². The van der Waals surface area contributed by atoms with Crippen LogP contribution in [0.4, 0.5) is 5.69 Å². The van der Waals surface area contributed by atoms with Crippen LogP contribution >= 0.6 is 11.6 Å². The van der Waals surface area contributed by atoms with Crippen LogP contribution in [-0.2, 0) is 6.61 Å². The van der Waals surface area contributed by atoms with Crippen LogP contribution in [0.2, 0.25) is 5.02 Å². The third kappa shape index (κ3) is 4.57. The molecular weight excluding hydrogens is 364 g/mol. The van der Waals surface area contributed by atoms with Gasteiger partial charge in [-0.05, 0) is 42.5 Å². The molecule has 0 aliphatic heterocycles. The van der Waals surface area contributed by atoms with Crippen molar-refractivity contribution in [2.75, 3.05) is 5.32 Å². The Hall–Kier alpha value is -3.49. The molecule has 3 aromatic rings. The van der Waals surface area contributed by atoms with Crippen molar-refractivity contribution in [1.29, 1.82) is 5.26 Å². The fourth-order valence-corrected chi connectivity index (χ4v) is 2.62. The zero-order valence-corrected chi connectivity index (χ0v) is 14.9. The fourth-order valence-electron chi connectivity index (χ4n) is 2.45. The van der Waals surface area contributed by atoms with Gasteiger partial charge in [0, 0.05) is 16.1 Å². The van der Waals surface area contributed by atoms with Gasteiger partial charge in [0.2, 0.25) is 0 Å². The number of hydrogen-bond donors (Lipinski definition) is 2. The molecule has 0 saturated carbocycles. The molecule has 0 spiro atoms. The number of halogens is 1. The van der Waals surface area contributed by atoms with Crippen LogP contribution in [0, 0.1) is 11.3 Å². The van der Waals surface area contributed by atoms with Crippen molar-refractivity contribution in [2.24, 2.45) is 0 Å². The molecule has 0 bridgehead atoms. The van der Waals surface area contributed by atoms with E-state index in [0.29, 0.717) is 21.9 Å². The highest BCUT2D eigenvalue weighted by molar-refractivity contribution is 6.31. The van der Waals surface area contributed by atoms with Crippen LogP contribution in [0.1, 0.15) is 21.5 Å². The Bertz CT molecular complexity index is 1030. The number of ether oxygens (including phenoxy) is 1. The number of anilines is 1. The molecule has 3 rings (SSSR count). The molecule has 0 fully saturated rings. The molecule has 0 heterocycles. The lowest BCUT2D eigenvalue weighted by Crippen LogP contribution is -2.12. The Labute approximate surface area is 161 Å². The standard InChI is InChI=1S/C21H15ClN2O3/c22-17-8-9-20(25)19(11-17)24-21(26)14-6-3-7-18(10-14)27-13-16-5-2-1-4-15(16)12-23/h1-11,25H,13H2,(H,24,26). The molecule has 134 valence electrons. The Morgan fingerprint density at radius 1 is 1.11 bits per heavy atom. The number of phenols is 1. The third-order valence-corrected chi connectivity index (χ3v) is 4.07. The lowest BCUT2D eigenvalue weighted by atomic mass is 10.1. The molecule has 1 amide bonds. The number of aromatic hydroxyl groups is 1. The van der Waals surface area contributed by atoms with E-state index in [4.69, 9.17) is 21.6 Å². The van der Waals surface area contributed by atoms with Crippen LogP contribution in [0.5, 0.6) is 11.5 Å². The first-order valence-corrected chi connectivity index (χ1v) is 8.45. The summed E-state index contributed by atoms with van der Waals surface area (Å²) in [7, 11) is 0. The Kier molecular flexibility index (Phi) is 5.60. The summed E-state index contributed by atoms with van der Waals surface area (Å²) in [5.41, 5.74) is 1.89. The van der Waals surface area contributed by atoms with Crippen molar-refractivity contribution in [1.82, 2.24) is 0 Å². The molecule has 6 heteroatoms. The van der Waals surface area contributed by atoms with E-state index in [1.165, 1.54) is 18.2 Å². The minimum atomic E-state index is -0.407. The number of carbonyl (C=O) groups is 1. The number of nitrogens with one attached hydrogen (secondary N) is 1. The van der Waals surface area contributed by atoms with E-state index in [1.54, 1.807) is 36.4 Å². The van der Waals surface area contributed by atoms with Gasteiger partial charge in [-0.15, -0.1) is 0 Å². The van der Waals surface area contributed by atoms with Gasteiger partial charge in [0.25, 0.3) is 5.91 Å². The second-order valence-electron chi connectivity index (χ2n) is 5.70. The maximum atomic E-state index is 12.4. The zero-order valence-electron chi connectivity index (χ0n) is 14.1. The summed E-state index contributed by atoms with van der Waals surface area (Å²) in [6.07, 6.45) is 0. The predicted octanol–water partition coefficient (Wildman–Crippen LogP) is 4.75. The first-order valence-electron chi connectivity index (χ1n) is 8.07. The summed E-state index contributed by atoms with van der Waals surface area (Å²) in [4.78, 5) is 12.4. The summed E-state index contributed by atoms with van der Waals surface area (Å²) in [5.74, 6) is 0.00872. The molecular formula is C21H15ClN2O3. The minimum absolute atomic E-state index is 0.0757. The summed E-state index contributed by atoms with van der Waals surface area (Å²) in [5, 5.41) is 22.0. The number of carbonyl (C=O) groups excluding carboxylic acids is 1. The van der Waals surface area contributed by atoms with Gasteiger partial charge in [0.15, 0.2) is 0 Å². The van der Waals surface area contributed by atoms with Gasteiger partial charge < -0.3 is 15.2 Å². The monoisotopic (exact) mass is 378 g/mol. The molecule has 0 saturated heterocycles. The number of amides is 1. The summed E-state index contributed by atoms with van der Waals surface area (Å²) < 4.78 is 5.72. The molecule has 0 atom stereocenters. The summed E-state index contributed by atoms with van der Waals surface area (Å²) in [6.45, 7) is 0.212. The molecule has 27 heavy (non-hydrogen) atoms. The van der Waals surface area contributed by atoms with Crippen molar-refractivity contribution in [3.63, 3.8) is 0 Å². The van der Waals surface area contributed by atoms with Crippen LogP contribution in [0.15, 0.2) is 66.7 Å². The Balaban J connectivity index is 1.72. The molecule has 0 aliphatic rings. The van der Waals surface area contributed by atoms with Crippen molar-refractivity contribution >= 4 is 23.2 Å². The van der Waals surface area contributed by atoms with Crippen molar-refractivity contribution in [3.05, 3.63) is 88.4 Å². The molecule has 0 unspecified atom stereocenters. The van der Waals surface area contributed by atoms with E-state index in [9.17, 15) is 9.90 Å². The molecule has 5 nitrogen and oxygen atoms in total. The quantitative estimate of drug-likeness (QED) is 0.628. The van der Waals surface area contributed by atoms with Gasteiger partial charge >= 0.3 is 0 Å². The molecule has 0 aromatic heterocycles. The van der Waals surface area contributed by atoms with E-state index in [2.05, 4.69) is 11.4 Å². The SMILES string of the molecule is N#Cc1ccccc1COc1cccc(C(=O)Nc2cc(Cl)ccc2O)c1. The van der Waals surface area contributed by atoms with Crippen molar-refractivity contribution in [3.8, 4) is 17.6 Å². The first kappa shape index (κ1) is 18.3. The molecule has 0 radical (unpaired) electrons. The Morgan fingerprint density at radius 3 is 2.74 bits per heavy atom. The van der Waals surface area contributed by atoms with Gasteiger partial charge in [0.05, 0.1) is 17.3 Å². The number of nitrogens with zero attached hydrogens (tertiary/aromatic N) is 1. The van der Waals surface area contributed by atoms with Gasteiger partial charge in [-0.25, -0.2) is 0 Å². The van der Waals surface area contributed by atoms with Crippen LogP contribution < -0.4 is 10.1 Å². The summed E-state index contributed by atoms with van der Waals surface area (Å²) in [6, 6.07) is 20.3. The minimum Gasteiger partial charge on any atom is -0.506 e. The summed E-state index contributed by atoms with van der Waals surface area (Å²) >= 11 is 5.89. The largest absolute Gasteiger partial charge is 0.506 e. The average molecular weight is 379 g/mol. The van der Waals surface area contributed by atoms with E-state index < -0.39 is 5.91 Å². The number of benzene rings is 3. The molecule has 3 aromatic carbocycles. The number of hydrogen-bond acceptors (Lipinski definition) is 4. The lowest BCUT2D eigenvalue weighted by molar-refractivity contribution is 0.102. The van der Waals surface area contributed by atoms with Gasteiger partial charge in [0.1, 0.15) is 18.1 Å². The number of rotatable bonds is 5. The smallest absolute Gasteiger partial charge is 0.255 e. The van der Waals surface area contributed by atoms with E-state index in [0.717, 1.165) is 5.56 Å². The van der Waals surface area contributed by atoms with E-state index in [-0.39, 0.29) is 18.0 Å². The predicted molar refractivity (Wildman–Crippen MR) is 103 cm³/mol. The number of phenolic OH excluding ortho intramolecular Hbond substituents is 1. The second kappa shape index (κ2) is 8.26. The molecule has 2 N–H and O–H groups in total. The van der Waals surface area contributed by atoms with Gasteiger partial charge in [-0.2, -0.15) is 5.26 Å². The first-order chi connectivity index (χ1) is 13.1. The highest BCUT2D eigenvalue weighted by Crippen LogP contribution is 2.27. The van der Waals surface area contributed by atoms with E-state index in [1.807, 2.05) is 12.1 Å². The molecule has 0 aliphatic carbocycles.